The fourth-order valence-corrected chi connectivity index (χ4v) is 7.72. The second-order valence-corrected chi connectivity index (χ2v) is 14.4. The summed E-state index contributed by atoms with van der Waals surface area (Å²) in [5, 5.41) is 16.0. The third-order valence-electron chi connectivity index (χ3n) is 5.81. The predicted octanol–water partition coefficient (Wildman–Crippen LogP) is 7.52. The molecule has 0 saturated heterocycles. The molecule has 4 nitrogen and oxygen atoms in total. The molecule has 1 aromatic rings. The average molecular weight is 538 g/mol. The van der Waals surface area contributed by atoms with E-state index in [0.29, 0.717) is 15.5 Å². The summed E-state index contributed by atoms with van der Waals surface area (Å²) in [6.45, 7) is 10.1. The first-order chi connectivity index (χ1) is 16.0. The van der Waals surface area contributed by atoms with E-state index >= 15 is 0 Å². The number of nitrogens with two attached hydrogens (primary N) is 1. The van der Waals surface area contributed by atoms with Crippen LogP contribution in [0, 0.1) is 23.6 Å². The molecule has 0 bridgehead atoms. The van der Waals surface area contributed by atoms with Crippen LogP contribution in [-0.4, -0.2) is 29.5 Å². The molecule has 1 aromatic heterocycles. The Morgan fingerprint density at radius 1 is 1.31 bits per heavy atom. The van der Waals surface area contributed by atoms with Gasteiger partial charge in [0.2, 0.25) is 0 Å². The average Bonchev–Trinajstić information content (AvgIpc) is 3.11. The van der Waals surface area contributed by atoms with E-state index in [4.69, 9.17) is 5.14 Å². The van der Waals surface area contributed by atoms with Crippen LogP contribution in [0.1, 0.15) is 72.6 Å². The highest BCUT2D eigenvalue weighted by atomic mass is 32.3. The zero-order valence-corrected chi connectivity index (χ0v) is 23.8. The van der Waals surface area contributed by atoms with Gasteiger partial charge < -0.3 is 14.6 Å². The molecule has 1 aliphatic rings. The molecular weight excluding hydrogens is 495 g/mol. The largest absolute Gasteiger partial charge is 0.435 e. The summed E-state index contributed by atoms with van der Waals surface area (Å²) in [5.74, 6) is 1.30. The first-order valence-electron chi connectivity index (χ1n) is 12.0. The first-order valence-corrected chi connectivity index (χ1v) is 15.1. The van der Waals surface area contributed by atoms with Crippen LogP contribution in [0.3, 0.4) is 0 Å². The van der Waals surface area contributed by atoms with Crippen LogP contribution in [0.15, 0.2) is 33.8 Å². The number of aliphatic hydroxyl groups is 1. The van der Waals surface area contributed by atoms with Crippen molar-refractivity contribution in [2.75, 3.05) is 12.0 Å². The van der Waals surface area contributed by atoms with Gasteiger partial charge in [0, 0.05) is 11.3 Å². The Morgan fingerprint density at radius 2 is 1.91 bits per heavy atom. The molecule has 0 fully saturated rings. The summed E-state index contributed by atoms with van der Waals surface area (Å²) in [6.07, 6.45) is 7.53. The van der Waals surface area contributed by atoms with Gasteiger partial charge in [-0.25, -0.2) is 4.39 Å². The minimum atomic E-state index is -2.81. The summed E-state index contributed by atoms with van der Waals surface area (Å²) >= 11 is 1.30. The lowest BCUT2D eigenvalue weighted by Gasteiger charge is -2.32. The Kier molecular flexibility index (Phi) is 12.1. The minimum absolute atomic E-state index is 0.0834. The number of carbonyl (C=O) groups is 1. The molecule has 2 rings (SSSR count). The number of hydrogen-bond acceptors (Lipinski definition) is 5. The molecule has 0 aromatic carbocycles. The molecule has 0 amide bonds. The predicted molar refractivity (Wildman–Crippen MR) is 141 cm³/mol. The molecule has 35 heavy (non-hydrogen) atoms. The summed E-state index contributed by atoms with van der Waals surface area (Å²) in [7, 11) is -1.55. The normalized spacial score (nSPS) is 21.0. The topological polar surface area (TPSA) is 72.5 Å². The Morgan fingerprint density at radius 3 is 2.31 bits per heavy atom. The third kappa shape index (κ3) is 9.59. The van der Waals surface area contributed by atoms with Gasteiger partial charge in [-0.1, -0.05) is 33.3 Å². The maximum absolute atomic E-state index is 13.8. The highest BCUT2D eigenvalue weighted by Crippen LogP contribution is 2.51. The van der Waals surface area contributed by atoms with Gasteiger partial charge in [0.25, 0.3) is 0 Å². The van der Waals surface area contributed by atoms with Gasteiger partial charge in [-0.2, -0.15) is 19.0 Å². The highest BCUT2D eigenvalue weighted by Gasteiger charge is 2.30. The summed E-state index contributed by atoms with van der Waals surface area (Å²) < 4.78 is 43.6. The van der Waals surface area contributed by atoms with E-state index in [-0.39, 0.29) is 35.1 Å². The van der Waals surface area contributed by atoms with E-state index < -0.39 is 22.4 Å². The van der Waals surface area contributed by atoms with Crippen molar-refractivity contribution < 1.29 is 27.8 Å². The van der Waals surface area contributed by atoms with Gasteiger partial charge in [-0.3, -0.25) is 5.14 Å². The number of allylic oxidation sites excluding steroid dienone is 3. The Hall–Kier alpha value is -1.29. The van der Waals surface area contributed by atoms with E-state index in [9.17, 15) is 23.1 Å². The zero-order chi connectivity index (χ0) is 27.1. The van der Waals surface area contributed by atoms with Crippen LogP contribution in [-0.2, 0) is 15.1 Å². The van der Waals surface area contributed by atoms with Crippen molar-refractivity contribution in [3.8, 4) is 0 Å². The van der Waals surface area contributed by atoms with Crippen molar-refractivity contribution in [1.82, 2.24) is 0 Å². The Labute approximate surface area is 214 Å². The summed E-state index contributed by atoms with van der Waals surface area (Å²) in [5.41, 5.74) is 0.0334. The minimum Gasteiger partial charge on any atom is -0.435 e. The highest BCUT2D eigenvalue weighted by molar-refractivity contribution is 8.32. The van der Waals surface area contributed by atoms with E-state index in [1.807, 2.05) is 34.0 Å². The lowest BCUT2D eigenvalue weighted by Crippen LogP contribution is -2.24. The zero-order valence-electron chi connectivity index (χ0n) is 22.2. The fraction of sp³-hybridized carbons (Fsp3) is 0.654. The van der Waals surface area contributed by atoms with Gasteiger partial charge in [-0.05, 0) is 81.6 Å². The van der Waals surface area contributed by atoms with Crippen LogP contribution in [0.4, 0.5) is 13.2 Å². The van der Waals surface area contributed by atoms with Crippen molar-refractivity contribution in [3.05, 3.63) is 40.2 Å². The molecule has 202 valence electrons. The number of thiophene rings is 1. The number of halogens is 3. The lowest BCUT2D eigenvalue weighted by molar-refractivity contribution is -0.118. The Bertz CT molecular complexity index is 902. The van der Waals surface area contributed by atoms with Crippen molar-refractivity contribution in [1.29, 1.82) is 0 Å². The standard InChI is InChI=1S/C15H22F2O2.C11H20FNOS2/c1-5-11-7-12(19-15(16)17)8-13(9(2)3)14(11)6-10(4)18;1-5-6-16(4,13)10-8(12)7-9(15-10)11(2,3)14/h7-9,11,14-15H,5-6H2,1-4H3;7,14H,5-6,13H2,1-4H3. The van der Waals surface area contributed by atoms with Crippen LogP contribution >= 0.6 is 21.6 Å². The number of hydrogen-bond donors (Lipinski definition) is 2. The van der Waals surface area contributed by atoms with Gasteiger partial charge in [0.1, 0.15) is 17.4 Å². The Balaban J connectivity index is 0.000000355. The monoisotopic (exact) mass is 537 g/mol. The molecule has 1 aliphatic carbocycles. The molecule has 0 radical (unpaired) electrons. The van der Waals surface area contributed by atoms with Crippen molar-refractivity contribution in [2.45, 2.75) is 84.2 Å². The second-order valence-electron chi connectivity index (χ2n) is 10.00. The number of rotatable bonds is 10. The third-order valence-corrected chi connectivity index (χ3v) is 10.7. The molecule has 1 heterocycles. The van der Waals surface area contributed by atoms with E-state index in [0.717, 1.165) is 24.2 Å². The molecular formula is C26H42F3NO3S2. The number of carbonyl (C=O) groups excluding carboxylic acids is 1. The summed E-state index contributed by atoms with van der Waals surface area (Å²) in [6, 6.07) is 1.41. The van der Waals surface area contributed by atoms with Gasteiger partial charge >= 0.3 is 6.61 Å². The van der Waals surface area contributed by atoms with Gasteiger partial charge in [0.15, 0.2) is 0 Å². The second kappa shape index (κ2) is 13.3. The lowest BCUT2D eigenvalue weighted by atomic mass is 9.74. The van der Waals surface area contributed by atoms with Crippen LogP contribution in [0.2, 0.25) is 0 Å². The molecule has 3 unspecified atom stereocenters. The first kappa shape index (κ1) is 31.7. The van der Waals surface area contributed by atoms with Crippen molar-refractivity contribution in [2.24, 2.45) is 22.9 Å². The van der Waals surface area contributed by atoms with E-state index in [2.05, 4.69) is 4.74 Å². The molecule has 3 atom stereocenters. The molecule has 0 spiro atoms. The number of ether oxygens (including phenoxy) is 1. The molecule has 9 heteroatoms. The molecule has 0 aliphatic heterocycles. The number of ketones is 1. The smallest absolute Gasteiger partial charge is 0.387 e. The van der Waals surface area contributed by atoms with Crippen molar-refractivity contribution >= 4 is 27.3 Å². The van der Waals surface area contributed by atoms with E-state index in [1.165, 1.54) is 17.4 Å². The van der Waals surface area contributed by atoms with Crippen LogP contribution < -0.4 is 5.14 Å². The number of alkyl halides is 2. The van der Waals surface area contributed by atoms with Gasteiger partial charge in [0.05, 0.1) is 9.81 Å². The van der Waals surface area contributed by atoms with E-state index in [1.54, 1.807) is 32.9 Å². The fourth-order valence-electron chi connectivity index (χ4n) is 4.13. The quantitative estimate of drug-likeness (QED) is 0.324. The van der Waals surface area contributed by atoms with Gasteiger partial charge in [-0.15, -0.1) is 11.3 Å². The molecule has 3 N–H and O–H groups in total. The maximum Gasteiger partial charge on any atom is 0.387 e. The van der Waals surface area contributed by atoms with Crippen molar-refractivity contribution in [3.63, 3.8) is 0 Å². The molecule has 0 saturated carbocycles. The summed E-state index contributed by atoms with van der Waals surface area (Å²) in [4.78, 5) is 12.0. The number of Topliss-reactive ketones (excluding diaryl/α,β-unsaturated/α-hetero) is 1. The SMILES string of the molecule is CCC1C=C(OC(F)F)C=C(C(C)C)C1CC(C)=O.CCCS(C)(N)c1sc(C(C)(C)O)cc1F. The maximum atomic E-state index is 13.8. The van der Waals surface area contributed by atoms with Crippen LogP contribution in [0.5, 0.6) is 0 Å². The van der Waals surface area contributed by atoms with Crippen LogP contribution in [0.25, 0.3) is 0 Å².